The van der Waals surface area contributed by atoms with Crippen molar-refractivity contribution in [2.45, 2.75) is 46.5 Å². The topological polar surface area (TPSA) is 53.3 Å². The number of unbranched alkanes of at least 4 members (excludes halogenated alkanes) is 2. The van der Waals surface area contributed by atoms with Crippen LogP contribution in [0, 0.1) is 11.3 Å². The molecule has 0 aliphatic rings. The summed E-state index contributed by atoms with van der Waals surface area (Å²) in [6, 6.07) is 20.8. The summed E-state index contributed by atoms with van der Waals surface area (Å²) in [6.07, 6.45) is 4.81. The second-order valence-corrected chi connectivity index (χ2v) is 8.31. The average molecular weight is 540 g/mol. The molecule has 0 fully saturated rings. The van der Waals surface area contributed by atoms with Crippen LogP contribution in [-0.4, -0.2) is 34.9 Å². The molecule has 7 heteroatoms. The molecule has 0 bridgehead atoms. The van der Waals surface area contributed by atoms with Gasteiger partial charge in [0.2, 0.25) is 0 Å². The van der Waals surface area contributed by atoms with E-state index in [2.05, 4.69) is 18.7 Å². The number of carbonyl (C=O) groups is 1. The van der Waals surface area contributed by atoms with Crippen LogP contribution < -0.4 is 0 Å². The molecular formula is C27H33N2NiO2S2+. The van der Waals surface area contributed by atoms with Gasteiger partial charge in [0.1, 0.15) is 11.6 Å². The molecule has 0 radical (unpaired) electrons. The monoisotopic (exact) mass is 539 g/mol. The van der Waals surface area contributed by atoms with Crippen molar-refractivity contribution in [2.75, 3.05) is 19.7 Å². The summed E-state index contributed by atoms with van der Waals surface area (Å²) in [7, 11) is 0. The van der Waals surface area contributed by atoms with E-state index in [1.807, 2.05) is 66.7 Å². The quantitative estimate of drug-likeness (QED) is 0.0882. The van der Waals surface area contributed by atoms with Gasteiger partial charge < -0.3 is 34.5 Å². The summed E-state index contributed by atoms with van der Waals surface area (Å²) < 4.78 is 5.64. The third kappa shape index (κ3) is 11.2. The normalized spacial score (nSPS) is 9.35. The molecule has 0 unspecified atom stereocenters. The number of hydrogen-bond donors (Lipinski definition) is 0. The maximum absolute atomic E-state index is 12.1. The predicted molar refractivity (Wildman–Crippen MR) is 143 cm³/mol. The molecule has 0 heterocycles. The van der Waals surface area contributed by atoms with Gasteiger partial charge in [-0.3, -0.25) is 0 Å². The first-order chi connectivity index (χ1) is 16.0. The minimum Gasteiger partial charge on any atom is -0.462 e. The molecule has 2 aromatic carbocycles. The Labute approximate surface area is 225 Å². The standard InChI is InChI=1S/C18H15NO2.C9H19NS2.Ni/c1-2-21-18(20)16(13-19)17(14-9-5-3-6-10-14)15-11-7-4-8-12-15;1-3-5-7-10(9(11)12)8-6-4-2;/h3-12H,2H2,1H3;3-8H2,1-2H3,(H,11,12);/q;;+2/p-1. The zero-order valence-corrected chi connectivity index (χ0v) is 22.7. The Morgan fingerprint density at radius 3 is 1.71 bits per heavy atom. The van der Waals surface area contributed by atoms with Gasteiger partial charge in [0.05, 0.1) is 6.61 Å². The van der Waals surface area contributed by atoms with E-state index in [0.717, 1.165) is 24.2 Å². The predicted octanol–water partition coefficient (Wildman–Crippen LogP) is 6.29. The van der Waals surface area contributed by atoms with Gasteiger partial charge >= 0.3 is 22.5 Å². The van der Waals surface area contributed by atoms with E-state index in [-0.39, 0.29) is 28.7 Å². The van der Waals surface area contributed by atoms with Crippen LogP contribution >= 0.6 is 12.2 Å². The maximum atomic E-state index is 12.1. The number of rotatable bonds is 10. The van der Waals surface area contributed by atoms with E-state index in [1.165, 1.54) is 25.7 Å². The number of nitriles is 1. The van der Waals surface area contributed by atoms with E-state index < -0.39 is 5.97 Å². The first-order valence-corrected chi connectivity index (χ1v) is 12.2. The van der Waals surface area contributed by atoms with E-state index in [4.69, 9.17) is 29.6 Å². The van der Waals surface area contributed by atoms with Gasteiger partial charge in [-0.2, -0.15) is 5.26 Å². The third-order valence-corrected chi connectivity index (χ3v) is 5.30. The molecule has 0 aromatic heterocycles. The average Bonchev–Trinajstić information content (AvgIpc) is 2.84. The van der Waals surface area contributed by atoms with Crippen molar-refractivity contribution in [3.8, 4) is 6.07 Å². The van der Waals surface area contributed by atoms with Crippen LogP contribution in [0.4, 0.5) is 0 Å². The molecule has 0 spiro atoms. The molecule has 0 amide bonds. The molecule has 184 valence electrons. The summed E-state index contributed by atoms with van der Waals surface area (Å²) in [5.41, 5.74) is 2.24. The van der Waals surface area contributed by atoms with Gasteiger partial charge in [-0.15, -0.1) is 0 Å². The summed E-state index contributed by atoms with van der Waals surface area (Å²) >= 11 is 9.97. The van der Waals surface area contributed by atoms with Crippen molar-refractivity contribution >= 4 is 40.7 Å². The Kier molecular flexibility index (Phi) is 17.8. The Morgan fingerprint density at radius 1 is 0.941 bits per heavy atom. The Balaban J connectivity index is 0.000000723. The van der Waals surface area contributed by atoms with Gasteiger partial charge in [0, 0.05) is 18.7 Å². The third-order valence-electron chi connectivity index (χ3n) is 4.79. The van der Waals surface area contributed by atoms with Crippen LogP contribution in [-0.2, 0) is 38.7 Å². The van der Waals surface area contributed by atoms with E-state index in [9.17, 15) is 10.1 Å². The van der Waals surface area contributed by atoms with E-state index in [1.54, 1.807) is 6.92 Å². The fraction of sp³-hybridized carbons (Fsp3) is 0.370. The zero-order chi connectivity index (χ0) is 24.5. The molecule has 2 rings (SSSR count). The van der Waals surface area contributed by atoms with Crippen molar-refractivity contribution in [1.29, 1.82) is 5.26 Å². The Hall–Kier alpha value is -2.26. The summed E-state index contributed by atoms with van der Waals surface area (Å²) in [5, 5.41) is 9.41. The summed E-state index contributed by atoms with van der Waals surface area (Å²) in [4.78, 5) is 14.2. The second-order valence-electron chi connectivity index (χ2n) is 7.27. The zero-order valence-electron chi connectivity index (χ0n) is 20.1. The van der Waals surface area contributed by atoms with Crippen LogP contribution in [0.1, 0.15) is 57.6 Å². The number of carbonyl (C=O) groups excluding carboxylic acids is 1. The van der Waals surface area contributed by atoms with Crippen molar-refractivity contribution in [3.63, 3.8) is 0 Å². The first kappa shape index (κ1) is 31.7. The molecule has 0 saturated carbocycles. The van der Waals surface area contributed by atoms with Crippen LogP contribution in [0.3, 0.4) is 0 Å². The fourth-order valence-electron chi connectivity index (χ4n) is 3.06. The molecule has 2 aromatic rings. The first-order valence-electron chi connectivity index (χ1n) is 11.4. The minimum absolute atomic E-state index is 0. The fourth-order valence-corrected chi connectivity index (χ4v) is 3.43. The van der Waals surface area contributed by atoms with Gasteiger partial charge in [-0.1, -0.05) is 91.7 Å². The number of ether oxygens (including phenoxy) is 1. The van der Waals surface area contributed by atoms with Crippen LogP contribution in [0.25, 0.3) is 5.57 Å². The number of hydrogen-bond acceptors (Lipinski definition) is 5. The Bertz CT molecular complexity index is 879. The smallest absolute Gasteiger partial charge is 0.462 e. The minimum atomic E-state index is -0.595. The summed E-state index contributed by atoms with van der Waals surface area (Å²) in [5.74, 6) is -0.595. The van der Waals surface area contributed by atoms with Crippen molar-refractivity contribution in [1.82, 2.24) is 4.90 Å². The molecular weight excluding hydrogens is 507 g/mol. The maximum Gasteiger partial charge on any atom is 2.00 e. The number of benzene rings is 2. The van der Waals surface area contributed by atoms with Gasteiger partial charge in [-0.25, -0.2) is 4.79 Å². The van der Waals surface area contributed by atoms with Crippen LogP contribution in [0.15, 0.2) is 66.2 Å². The second kappa shape index (κ2) is 19.1. The molecule has 0 N–H and O–H groups in total. The SMILES string of the molecule is CCCCN(CCCC)C(=S)[S-].CCOC(=O)C(C#N)=C(c1ccccc1)c1ccccc1.[Ni+2]. The number of thiocarbonyl (C=S) groups is 1. The molecule has 0 aliphatic heterocycles. The number of nitrogens with zero attached hydrogens (tertiary/aromatic N) is 2. The van der Waals surface area contributed by atoms with Gasteiger partial charge in [-0.05, 0) is 30.9 Å². The summed E-state index contributed by atoms with van der Waals surface area (Å²) in [6.45, 7) is 8.41. The molecule has 0 saturated heterocycles. The van der Waals surface area contributed by atoms with Crippen molar-refractivity contribution < 1.29 is 26.0 Å². The van der Waals surface area contributed by atoms with E-state index in [0.29, 0.717) is 9.89 Å². The van der Waals surface area contributed by atoms with E-state index >= 15 is 0 Å². The molecule has 0 atom stereocenters. The molecule has 34 heavy (non-hydrogen) atoms. The van der Waals surface area contributed by atoms with Gasteiger partial charge in [0.15, 0.2) is 0 Å². The van der Waals surface area contributed by atoms with Gasteiger partial charge in [0.25, 0.3) is 0 Å². The molecule has 0 aliphatic carbocycles. The van der Waals surface area contributed by atoms with Crippen LogP contribution in [0.5, 0.6) is 0 Å². The van der Waals surface area contributed by atoms with Crippen molar-refractivity contribution in [2.24, 2.45) is 0 Å². The van der Waals surface area contributed by atoms with Crippen LogP contribution in [0.2, 0.25) is 0 Å². The largest absolute Gasteiger partial charge is 2.00 e. The Morgan fingerprint density at radius 2 is 1.38 bits per heavy atom. The molecule has 4 nitrogen and oxygen atoms in total. The van der Waals surface area contributed by atoms with Crippen molar-refractivity contribution in [3.05, 3.63) is 77.4 Å². The number of esters is 1.